The second kappa shape index (κ2) is 5.02. The number of hydrogen-bond donors (Lipinski definition) is 1. The van der Waals surface area contributed by atoms with Crippen molar-refractivity contribution in [1.29, 1.82) is 0 Å². The van der Waals surface area contributed by atoms with E-state index in [1.165, 1.54) is 5.69 Å². The highest BCUT2D eigenvalue weighted by Crippen LogP contribution is 2.30. The molecule has 0 saturated heterocycles. The Kier molecular flexibility index (Phi) is 3.66. The van der Waals surface area contributed by atoms with Crippen LogP contribution in [-0.2, 0) is 0 Å². The molecule has 2 rings (SSSR count). The van der Waals surface area contributed by atoms with Crippen LogP contribution in [0, 0.1) is 0 Å². The van der Waals surface area contributed by atoms with E-state index in [1.54, 1.807) is 6.92 Å². The van der Waals surface area contributed by atoms with Gasteiger partial charge in [0.05, 0.1) is 11.8 Å². The van der Waals surface area contributed by atoms with Crippen molar-refractivity contribution in [2.75, 3.05) is 18.0 Å². The van der Waals surface area contributed by atoms with Gasteiger partial charge >= 0.3 is 0 Å². The van der Waals surface area contributed by atoms with Gasteiger partial charge in [0.25, 0.3) is 0 Å². The normalized spacial score (nSPS) is 17.6. The third-order valence-electron chi connectivity index (χ3n) is 2.85. The maximum atomic E-state index is 9.50. The van der Waals surface area contributed by atoms with E-state index in [9.17, 15) is 5.11 Å². The lowest BCUT2D eigenvalue weighted by molar-refractivity contribution is 0.199. The maximum absolute atomic E-state index is 9.50. The van der Waals surface area contributed by atoms with Gasteiger partial charge in [-0.3, -0.25) is 0 Å². The fourth-order valence-corrected chi connectivity index (χ4v) is 2.55. The Balaban J connectivity index is 2.25. The van der Waals surface area contributed by atoms with Crippen LogP contribution in [-0.4, -0.2) is 18.2 Å². The summed E-state index contributed by atoms with van der Waals surface area (Å²) >= 11 is 3.57. The van der Waals surface area contributed by atoms with Crippen LogP contribution in [0.1, 0.15) is 25.0 Å². The topological polar surface area (TPSA) is 23.5 Å². The Morgan fingerprint density at radius 3 is 2.75 bits per heavy atom. The van der Waals surface area contributed by atoms with Gasteiger partial charge in [0.15, 0.2) is 0 Å². The van der Waals surface area contributed by atoms with Gasteiger partial charge in [-0.1, -0.05) is 18.2 Å². The van der Waals surface area contributed by atoms with Crippen LogP contribution in [0.5, 0.6) is 0 Å². The summed E-state index contributed by atoms with van der Waals surface area (Å²) in [6.45, 7) is 3.81. The molecule has 1 heterocycles. The molecule has 0 bridgehead atoms. The van der Waals surface area contributed by atoms with Crippen LogP contribution in [0.2, 0.25) is 0 Å². The van der Waals surface area contributed by atoms with E-state index in [-0.39, 0.29) is 0 Å². The summed E-state index contributed by atoms with van der Waals surface area (Å²) in [5, 5.41) is 9.50. The first-order chi connectivity index (χ1) is 7.68. The third-order valence-corrected chi connectivity index (χ3v) is 3.49. The first-order valence-corrected chi connectivity index (χ1v) is 6.35. The molecule has 3 heteroatoms. The maximum Gasteiger partial charge on any atom is 0.0762 e. The minimum absolute atomic E-state index is 0.411. The van der Waals surface area contributed by atoms with E-state index in [1.807, 2.05) is 12.1 Å². The molecule has 0 unspecified atom stereocenters. The molecule has 1 aromatic carbocycles. The summed E-state index contributed by atoms with van der Waals surface area (Å²) in [6.07, 6.45) is 5.10. The quantitative estimate of drug-likeness (QED) is 0.841. The molecule has 0 fully saturated rings. The van der Waals surface area contributed by atoms with Crippen molar-refractivity contribution in [1.82, 2.24) is 0 Å². The molecule has 0 aliphatic carbocycles. The van der Waals surface area contributed by atoms with Gasteiger partial charge in [0, 0.05) is 17.6 Å². The molecule has 1 aromatic rings. The highest BCUT2D eigenvalue weighted by atomic mass is 79.9. The van der Waals surface area contributed by atoms with Crippen molar-refractivity contribution in [3.63, 3.8) is 0 Å². The van der Waals surface area contributed by atoms with E-state index in [0.717, 1.165) is 29.5 Å². The van der Waals surface area contributed by atoms with Crippen molar-refractivity contribution in [2.45, 2.75) is 19.4 Å². The summed E-state index contributed by atoms with van der Waals surface area (Å²) in [5.74, 6) is 0. The minimum Gasteiger partial charge on any atom is -0.389 e. The number of nitrogens with zero attached hydrogens (tertiary/aromatic N) is 1. The molecule has 0 saturated carbocycles. The smallest absolute Gasteiger partial charge is 0.0762 e. The van der Waals surface area contributed by atoms with Crippen molar-refractivity contribution in [2.24, 2.45) is 0 Å². The number of rotatable bonds is 2. The molecular weight excluding hydrogens is 266 g/mol. The summed E-state index contributed by atoms with van der Waals surface area (Å²) in [4.78, 5) is 2.33. The number of anilines is 1. The van der Waals surface area contributed by atoms with Gasteiger partial charge in [-0.15, -0.1) is 0 Å². The second-order valence-electron chi connectivity index (χ2n) is 4.09. The Morgan fingerprint density at radius 1 is 1.38 bits per heavy atom. The van der Waals surface area contributed by atoms with Crippen LogP contribution in [0.4, 0.5) is 5.69 Å². The molecule has 1 atom stereocenters. The Bertz CT molecular complexity index is 401. The Morgan fingerprint density at radius 2 is 2.19 bits per heavy atom. The number of aliphatic hydroxyl groups is 1. The predicted molar refractivity (Wildman–Crippen MR) is 70.7 cm³/mol. The molecule has 1 aliphatic heterocycles. The van der Waals surface area contributed by atoms with Crippen molar-refractivity contribution >= 4 is 21.6 Å². The third kappa shape index (κ3) is 2.47. The van der Waals surface area contributed by atoms with Crippen molar-refractivity contribution < 1.29 is 5.11 Å². The standard InChI is InChI=1S/C13H16BrNO/c1-10(16)11-5-6-13(12(14)9-11)15-7-3-2-4-8-15/h2-3,5-6,9-10,16H,4,7-8H2,1H3/t10-/m0/s1. The number of benzene rings is 1. The SMILES string of the molecule is C[C@H](O)c1ccc(N2CC=CCC2)c(Br)c1. The minimum atomic E-state index is -0.411. The van der Waals surface area contributed by atoms with Crippen LogP contribution in [0.15, 0.2) is 34.8 Å². The number of halogens is 1. The molecule has 1 N–H and O–H groups in total. The molecule has 0 spiro atoms. The van der Waals surface area contributed by atoms with Gasteiger partial charge < -0.3 is 10.0 Å². The first-order valence-electron chi connectivity index (χ1n) is 5.56. The number of hydrogen-bond acceptors (Lipinski definition) is 2. The summed E-state index contributed by atoms with van der Waals surface area (Å²) < 4.78 is 1.06. The molecule has 0 aromatic heterocycles. The molecule has 2 nitrogen and oxygen atoms in total. The fourth-order valence-electron chi connectivity index (χ4n) is 1.90. The van der Waals surface area contributed by atoms with Crippen molar-refractivity contribution in [3.05, 3.63) is 40.4 Å². The molecule has 1 aliphatic rings. The van der Waals surface area contributed by atoms with Gasteiger partial charge in [-0.25, -0.2) is 0 Å². The van der Waals surface area contributed by atoms with Crippen LogP contribution >= 0.6 is 15.9 Å². The van der Waals surface area contributed by atoms with E-state index in [2.05, 4.69) is 39.0 Å². The highest BCUT2D eigenvalue weighted by molar-refractivity contribution is 9.10. The Hall–Kier alpha value is -0.800. The van der Waals surface area contributed by atoms with Gasteiger partial charge in [0.1, 0.15) is 0 Å². The predicted octanol–water partition coefficient (Wildman–Crippen LogP) is 3.27. The zero-order valence-corrected chi connectivity index (χ0v) is 10.9. The average molecular weight is 282 g/mol. The lowest BCUT2D eigenvalue weighted by Crippen LogP contribution is -2.27. The van der Waals surface area contributed by atoms with Crippen LogP contribution in [0.25, 0.3) is 0 Å². The summed E-state index contributed by atoms with van der Waals surface area (Å²) in [6, 6.07) is 6.06. The monoisotopic (exact) mass is 281 g/mol. The molecule has 86 valence electrons. The lowest BCUT2D eigenvalue weighted by atomic mass is 10.1. The zero-order chi connectivity index (χ0) is 11.5. The van der Waals surface area contributed by atoms with E-state index >= 15 is 0 Å². The first kappa shape index (κ1) is 11.7. The van der Waals surface area contributed by atoms with Crippen molar-refractivity contribution in [3.8, 4) is 0 Å². The fraction of sp³-hybridized carbons (Fsp3) is 0.385. The van der Waals surface area contributed by atoms with Crippen LogP contribution in [0.3, 0.4) is 0 Å². The van der Waals surface area contributed by atoms with Gasteiger partial charge in [-0.05, 0) is 47.0 Å². The molecular formula is C13H16BrNO. The molecule has 0 amide bonds. The number of aliphatic hydroxyl groups excluding tert-OH is 1. The second-order valence-corrected chi connectivity index (χ2v) is 4.95. The van der Waals surface area contributed by atoms with E-state index in [0.29, 0.717) is 0 Å². The largest absolute Gasteiger partial charge is 0.389 e. The van der Waals surface area contributed by atoms with E-state index in [4.69, 9.17) is 0 Å². The van der Waals surface area contributed by atoms with E-state index < -0.39 is 6.10 Å². The van der Waals surface area contributed by atoms with Crippen LogP contribution < -0.4 is 4.90 Å². The summed E-state index contributed by atoms with van der Waals surface area (Å²) in [7, 11) is 0. The summed E-state index contributed by atoms with van der Waals surface area (Å²) in [5.41, 5.74) is 2.15. The zero-order valence-electron chi connectivity index (χ0n) is 9.36. The molecule has 0 radical (unpaired) electrons. The molecule has 16 heavy (non-hydrogen) atoms. The van der Waals surface area contributed by atoms with Gasteiger partial charge in [0.2, 0.25) is 0 Å². The lowest BCUT2D eigenvalue weighted by Gasteiger charge is -2.27. The highest BCUT2D eigenvalue weighted by Gasteiger charge is 2.12. The average Bonchev–Trinajstić information content (AvgIpc) is 2.30. The van der Waals surface area contributed by atoms with Gasteiger partial charge in [-0.2, -0.15) is 0 Å². The Labute approximate surface area is 105 Å².